The Morgan fingerprint density at radius 1 is 0.688 bits per heavy atom. The van der Waals surface area contributed by atoms with Crippen LogP contribution in [0.5, 0.6) is 0 Å². The summed E-state index contributed by atoms with van der Waals surface area (Å²) in [4.78, 5) is 6.63. The van der Waals surface area contributed by atoms with Crippen LogP contribution in [0.4, 0.5) is 0 Å². The normalized spacial score (nSPS) is 17.4. The molecule has 32 heavy (non-hydrogen) atoms. The zero-order chi connectivity index (χ0) is 24.8. The fourth-order valence-electron chi connectivity index (χ4n) is 2.46. The first kappa shape index (κ1) is 27.1. The number of rotatable bonds is 8. The summed E-state index contributed by atoms with van der Waals surface area (Å²) in [5.41, 5.74) is 8.84. The monoisotopic (exact) mass is 452 g/mol. The van der Waals surface area contributed by atoms with E-state index in [0.29, 0.717) is 0 Å². The highest BCUT2D eigenvalue weighted by molar-refractivity contribution is 5.88. The van der Waals surface area contributed by atoms with E-state index in [0.717, 1.165) is 37.9 Å². The predicted octanol–water partition coefficient (Wildman–Crippen LogP) is -5.61. The highest BCUT2D eigenvalue weighted by Crippen LogP contribution is 2.16. The second-order valence-corrected chi connectivity index (χ2v) is 10.0. The first-order valence-electron chi connectivity index (χ1n) is 10.9. The van der Waals surface area contributed by atoms with Crippen molar-refractivity contribution in [3.8, 4) is 0 Å². The summed E-state index contributed by atoms with van der Waals surface area (Å²) in [6, 6.07) is 0. The van der Waals surface area contributed by atoms with Gasteiger partial charge in [0.2, 0.25) is 0 Å². The van der Waals surface area contributed by atoms with Crippen molar-refractivity contribution in [2.75, 3.05) is 26.2 Å². The van der Waals surface area contributed by atoms with Gasteiger partial charge in [-0.1, -0.05) is 0 Å². The van der Waals surface area contributed by atoms with Crippen molar-refractivity contribution in [1.29, 1.82) is 0 Å². The molecule has 0 aromatic carbocycles. The lowest BCUT2D eigenvalue weighted by molar-refractivity contribution is -0.448. The minimum atomic E-state index is -0.702. The smallest absolute Gasteiger partial charge is 0.272 e. The van der Waals surface area contributed by atoms with Crippen LogP contribution in [-0.2, 0) is 0 Å². The van der Waals surface area contributed by atoms with Crippen LogP contribution in [0, 0.1) is 0 Å². The fourth-order valence-corrected chi connectivity index (χ4v) is 2.46. The van der Waals surface area contributed by atoms with Crippen LogP contribution < -0.4 is 42.9 Å². The average Bonchev–Trinajstić information content (AvgIpc) is 3.39. The molecule has 0 aromatic heterocycles. The molecule has 0 bridgehead atoms. The van der Waals surface area contributed by atoms with Gasteiger partial charge in [0.25, 0.3) is 23.3 Å². The third-order valence-electron chi connectivity index (χ3n) is 5.19. The van der Waals surface area contributed by atoms with Gasteiger partial charge in [0.05, 0.1) is 0 Å². The molecule has 12 N–H and O–H groups in total. The van der Waals surface area contributed by atoms with Crippen molar-refractivity contribution < 1.29 is 20.8 Å². The summed E-state index contributed by atoms with van der Waals surface area (Å²) >= 11 is 0. The summed E-state index contributed by atoms with van der Waals surface area (Å²) in [6.07, 6.45) is 0. The van der Waals surface area contributed by atoms with Crippen LogP contribution >= 0.6 is 0 Å². The van der Waals surface area contributed by atoms with Crippen LogP contribution in [-0.4, -0.2) is 71.7 Å². The van der Waals surface area contributed by atoms with Crippen LogP contribution in [0.15, 0.2) is 20.5 Å². The van der Waals surface area contributed by atoms with Crippen molar-refractivity contribution in [3.63, 3.8) is 0 Å². The molecule has 0 spiro atoms. The number of amidine groups is 4. The molecule has 0 amide bonds. The van der Waals surface area contributed by atoms with E-state index in [4.69, 9.17) is 22.3 Å². The second kappa shape index (κ2) is 10.1. The van der Waals surface area contributed by atoms with Gasteiger partial charge in [0, 0.05) is 0 Å². The van der Waals surface area contributed by atoms with Gasteiger partial charge in [-0.3, -0.25) is 42.9 Å². The molecule has 0 aliphatic carbocycles. The third-order valence-corrected chi connectivity index (χ3v) is 5.19. The van der Waals surface area contributed by atoms with E-state index in [2.05, 4.69) is 68.8 Å². The summed E-state index contributed by atoms with van der Waals surface area (Å²) in [5, 5.41) is 34.6. The summed E-state index contributed by atoms with van der Waals surface area (Å²) in [6.45, 7) is 19.1. The second-order valence-electron chi connectivity index (χ2n) is 10.0. The topological polar surface area (TPSA) is 205 Å². The molecule has 0 unspecified atom stereocenters. The van der Waals surface area contributed by atoms with E-state index in [-0.39, 0.29) is 22.7 Å². The number of nitrogens with two attached hydrogens (primary N) is 4. The summed E-state index contributed by atoms with van der Waals surface area (Å²) < 4.78 is 0. The van der Waals surface area contributed by atoms with Crippen LogP contribution in [0.1, 0.15) is 55.4 Å². The maximum absolute atomic E-state index is 5.45. The molecule has 2 aliphatic heterocycles. The van der Waals surface area contributed by atoms with Crippen molar-refractivity contribution in [2.24, 2.45) is 31.9 Å². The van der Waals surface area contributed by atoms with Gasteiger partial charge in [-0.15, -0.1) is 0 Å². The lowest BCUT2D eigenvalue weighted by Crippen LogP contribution is -2.75. The zero-order valence-electron chi connectivity index (χ0n) is 20.9. The van der Waals surface area contributed by atoms with E-state index in [1.807, 2.05) is 0 Å². The minimum absolute atomic E-state index is 0.202. The van der Waals surface area contributed by atoms with Crippen molar-refractivity contribution in [1.82, 2.24) is 10.6 Å². The van der Waals surface area contributed by atoms with Crippen molar-refractivity contribution in [3.05, 3.63) is 0 Å². The molecular weight excluding hydrogens is 408 g/mol. The Labute approximate surface area is 191 Å². The van der Waals surface area contributed by atoms with Crippen LogP contribution in [0.25, 0.3) is 0 Å². The van der Waals surface area contributed by atoms with E-state index < -0.39 is 11.1 Å². The number of nitrogens with one attached hydrogen (secondary N) is 4. The maximum atomic E-state index is 5.45. The van der Waals surface area contributed by atoms with E-state index >= 15 is 0 Å². The molecule has 0 atom stereocenters. The molecule has 0 saturated carbocycles. The van der Waals surface area contributed by atoms with Gasteiger partial charge < -0.3 is 0 Å². The average molecular weight is 453 g/mol. The molecule has 12 nitrogen and oxygen atoms in total. The van der Waals surface area contributed by atoms with Gasteiger partial charge in [-0.05, 0) is 55.4 Å². The van der Waals surface area contributed by atoms with Gasteiger partial charge >= 0.3 is 0 Å². The number of nitrogens with zero attached hydrogens (tertiary/aromatic N) is 4. The van der Waals surface area contributed by atoms with E-state index in [9.17, 15) is 0 Å². The maximum Gasteiger partial charge on any atom is 0.272 e. The summed E-state index contributed by atoms with van der Waals surface area (Å²) in [7, 11) is 0. The zero-order valence-corrected chi connectivity index (χ0v) is 20.9. The Bertz CT molecular complexity index is 748. The third kappa shape index (κ3) is 7.65. The lowest BCUT2D eigenvalue weighted by Gasteiger charge is -2.18. The Morgan fingerprint density at radius 3 is 1.22 bits per heavy atom. The quantitative estimate of drug-likeness (QED) is 0.103. The van der Waals surface area contributed by atoms with E-state index in [1.165, 1.54) is 0 Å². The molecule has 2 heterocycles. The first-order valence-corrected chi connectivity index (χ1v) is 10.9. The minimum Gasteiger partial charge on any atom is -0.289 e. The molecule has 0 saturated heterocycles. The molecule has 0 fully saturated rings. The molecule has 12 heteroatoms. The van der Waals surface area contributed by atoms with Gasteiger partial charge in [0.1, 0.15) is 26.2 Å². The molecule has 0 aromatic rings. The Kier molecular flexibility index (Phi) is 8.59. The lowest BCUT2D eigenvalue weighted by atomic mass is 10.0. The van der Waals surface area contributed by atoms with Gasteiger partial charge in [0.15, 0.2) is 22.2 Å². The fraction of sp³-hybridized carbons (Fsp3) is 0.800. The Balaban J connectivity index is 0.000000333. The molecule has 2 aliphatic rings. The van der Waals surface area contributed by atoms with Crippen LogP contribution in [0.2, 0.25) is 0 Å². The standard InChI is InChI=1S/C12H22N6.C8H18N6/c1-11(2,9-13-5-6-14-9)17-18-12(3,4)10-15-7-8-16-10;1-7(2,5(9)10)13-14-8(3,4)6(11)12/h5-8H2,1-4H3,(H,13,14)(H,15,16);1-4H3,(H3,9,10)(H3,11,12)/p+4. The molecule has 180 valence electrons. The SMILES string of the molecule is CC(C)(N=NC(C)(C)C(N)=[NH2+])C(N)=[NH2+].CC(C)(N=NC(C)(C)C1=[NH+]CCN1)C1=[NH+]CCN1. The number of hydrogen-bond acceptors (Lipinski definition) is 6. The number of hydrogen-bond donors (Lipinski definition) is 8. The molecular formula is C20H44N12+4. The van der Waals surface area contributed by atoms with Gasteiger partial charge in [-0.2, -0.15) is 20.5 Å². The van der Waals surface area contributed by atoms with E-state index in [1.54, 1.807) is 27.7 Å². The van der Waals surface area contributed by atoms with Crippen LogP contribution in [0.3, 0.4) is 0 Å². The molecule has 2 rings (SSSR count). The largest absolute Gasteiger partial charge is 0.289 e. The molecule has 0 radical (unpaired) electrons. The summed E-state index contributed by atoms with van der Waals surface area (Å²) in [5.74, 6) is 2.51. The first-order chi connectivity index (χ1) is 14.5. The Hall–Kier alpha value is -2.92. The Morgan fingerprint density at radius 2 is 1.00 bits per heavy atom. The number of azo groups is 2. The van der Waals surface area contributed by atoms with Crippen molar-refractivity contribution >= 4 is 23.3 Å². The highest BCUT2D eigenvalue weighted by Gasteiger charge is 2.37. The highest BCUT2D eigenvalue weighted by atomic mass is 15.3. The van der Waals surface area contributed by atoms with Gasteiger partial charge in [-0.25, -0.2) is 0 Å². The predicted molar refractivity (Wildman–Crippen MR) is 126 cm³/mol. The van der Waals surface area contributed by atoms with Crippen molar-refractivity contribution in [2.45, 2.75) is 77.5 Å².